The standard InChI is InChI=1S/C13H12N4O/c14-7-12-11(2-1-5-16-12)17-8-9-3-4-10(15)13(18)6-9/h1-6,17-18H,8,15H2. The number of nitrogens with zero attached hydrogens (tertiary/aromatic N) is 2. The van der Waals surface area contributed by atoms with Gasteiger partial charge in [0.2, 0.25) is 0 Å². The zero-order valence-corrected chi connectivity index (χ0v) is 9.59. The molecule has 0 saturated heterocycles. The summed E-state index contributed by atoms with van der Waals surface area (Å²) in [7, 11) is 0. The van der Waals surface area contributed by atoms with Gasteiger partial charge in [-0.05, 0) is 29.8 Å². The van der Waals surface area contributed by atoms with Crippen molar-refractivity contribution in [1.29, 1.82) is 5.26 Å². The van der Waals surface area contributed by atoms with Gasteiger partial charge < -0.3 is 16.2 Å². The fourth-order valence-electron chi connectivity index (χ4n) is 1.53. The van der Waals surface area contributed by atoms with Crippen molar-refractivity contribution in [2.45, 2.75) is 6.54 Å². The Morgan fingerprint density at radius 2 is 2.22 bits per heavy atom. The first-order valence-electron chi connectivity index (χ1n) is 5.37. The second-order valence-corrected chi connectivity index (χ2v) is 3.76. The summed E-state index contributed by atoms with van der Waals surface area (Å²) >= 11 is 0. The van der Waals surface area contributed by atoms with Crippen LogP contribution in [0.4, 0.5) is 11.4 Å². The number of nitriles is 1. The van der Waals surface area contributed by atoms with Crippen molar-refractivity contribution in [3.05, 3.63) is 47.8 Å². The highest BCUT2D eigenvalue weighted by Crippen LogP contribution is 2.21. The van der Waals surface area contributed by atoms with Crippen molar-refractivity contribution < 1.29 is 5.11 Å². The number of rotatable bonds is 3. The van der Waals surface area contributed by atoms with Gasteiger partial charge >= 0.3 is 0 Å². The molecule has 1 heterocycles. The van der Waals surface area contributed by atoms with Crippen LogP contribution in [0.3, 0.4) is 0 Å². The predicted molar refractivity (Wildman–Crippen MR) is 68.8 cm³/mol. The van der Waals surface area contributed by atoms with Crippen molar-refractivity contribution in [3.63, 3.8) is 0 Å². The van der Waals surface area contributed by atoms with Crippen LogP contribution in [0.2, 0.25) is 0 Å². The molecule has 0 aliphatic carbocycles. The highest BCUT2D eigenvalue weighted by Gasteiger charge is 2.03. The predicted octanol–water partition coefficient (Wildman–Crippen LogP) is 1.85. The first kappa shape index (κ1) is 11.7. The Kier molecular flexibility index (Phi) is 3.30. The molecule has 1 aromatic carbocycles. The van der Waals surface area contributed by atoms with E-state index in [0.717, 1.165) is 5.56 Å². The number of hydrogen-bond donors (Lipinski definition) is 3. The molecule has 18 heavy (non-hydrogen) atoms. The van der Waals surface area contributed by atoms with E-state index >= 15 is 0 Å². The number of aromatic nitrogens is 1. The third kappa shape index (κ3) is 2.50. The van der Waals surface area contributed by atoms with Crippen LogP contribution < -0.4 is 11.1 Å². The molecule has 5 heteroatoms. The minimum Gasteiger partial charge on any atom is -0.506 e. The summed E-state index contributed by atoms with van der Waals surface area (Å²) < 4.78 is 0. The first-order valence-corrected chi connectivity index (χ1v) is 5.37. The minimum atomic E-state index is 0.0565. The number of hydrogen-bond acceptors (Lipinski definition) is 5. The Morgan fingerprint density at radius 3 is 2.94 bits per heavy atom. The largest absolute Gasteiger partial charge is 0.506 e. The lowest BCUT2D eigenvalue weighted by Gasteiger charge is -2.08. The molecule has 1 aromatic heterocycles. The van der Waals surface area contributed by atoms with Gasteiger partial charge in [-0.15, -0.1) is 0 Å². The van der Waals surface area contributed by atoms with Crippen molar-refractivity contribution in [3.8, 4) is 11.8 Å². The lowest BCUT2D eigenvalue weighted by molar-refractivity contribution is 0.477. The van der Waals surface area contributed by atoms with E-state index in [1.54, 1.807) is 30.5 Å². The van der Waals surface area contributed by atoms with Crippen LogP contribution in [0.15, 0.2) is 36.5 Å². The van der Waals surface area contributed by atoms with Crippen LogP contribution in [0.1, 0.15) is 11.3 Å². The van der Waals surface area contributed by atoms with Crippen LogP contribution in [0.25, 0.3) is 0 Å². The smallest absolute Gasteiger partial charge is 0.163 e. The summed E-state index contributed by atoms with van der Waals surface area (Å²) in [5.74, 6) is 0.0565. The average molecular weight is 240 g/mol. The molecule has 4 N–H and O–H groups in total. The third-order valence-corrected chi connectivity index (χ3v) is 2.49. The fourth-order valence-corrected chi connectivity index (χ4v) is 1.53. The molecule has 2 rings (SSSR count). The summed E-state index contributed by atoms with van der Waals surface area (Å²) in [6, 6.07) is 10.6. The molecule has 5 nitrogen and oxygen atoms in total. The van der Waals surface area contributed by atoms with E-state index in [0.29, 0.717) is 23.6 Å². The van der Waals surface area contributed by atoms with Gasteiger partial charge in [-0.1, -0.05) is 6.07 Å². The lowest BCUT2D eigenvalue weighted by atomic mass is 10.2. The van der Waals surface area contributed by atoms with Crippen molar-refractivity contribution in [2.24, 2.45) is 0 Å². The van der Waals surface area contributed by atoms with Gasteiger partial charge in [0.15, 0.2) is 5.69 Å². The molecule has 0 saturated carbocycles. The van der Waals surface area contributed by atoms with Crippen molar-refractivity contribution in [1.82, 2.24) is 4.98 Å². The van der Waals surface area contributed by atoms with Crippen molar-refractivity contribution in [2.75, 3.05) is 11.1 Å². The molecule has 2 aromatic rings. The zero-order valence-electron chi connectivity index (χ0n) is 9.59. The van der Waals surface area contributed by atoms with E-state index in [4.69, 9.17) is 11.0 Å². The lowest BCUT2D eigenvalue weighted by Crippen LogP contribution is -2.02. The number of anilines is 2. The zero-order chi connectivity index (χ0) is 13.0. The molecule has 0 radical (unpaired) electrons. The number of aromatic hydroxyl groups is 1. The second kappa shape index (κ2) is 5.06. The number of phenols is 1. The van der Waals surface area contributed by atoms with Crippen molar-refractivity contribution >= 4 is 11.4 Å². The summed E-state index contributed by atoms with van der Waals surface area (Å²) in [6.45, 7) is 0.480. The number of phenolic OH excluding ortho intramolecular Hbond substituents is 1. The highest BCUT2D eigenvalue weighted by atomic mass is 16.3. The van der Waals surface area contributed by atoms with E-state index in [-0.39, 0.29) is 5.75 Å². The fraction of sp³-hybridized carbons (Fsp3) is 0.0769. The van der Waals surface area contributed by atoms with Gasteiger partial charge in [-0.25, -0.2) is 4.98 Å². The Balaban J connectivity index is 2.12. The van der Waals surface area contributed by atoms with E-state index in [1.165, 1.54) is 0 Å². The third-order valence-electron chi connectivity index (χ3n) is 2.49. The van der Waals surface area contributed by atoms with Gasteiger partial charge in [-0.3, -0.25) is 0 Å². The van der Waals surface area contributed by atoms with Gasteiger partial charge in [0.25, 0.3) is 0 Å². The van der Waals surface area contributed by atoms with Gasteiger partial charge in [0.1, 0.15) is 11.8 Å². The molecule has 0 bridgehead atoms. The molecular weight excluding hydrogens is 228 g/mol. The maximum Gasteiger partial charge on any atom is 0.163 e. The Bertz CT molecular complexity index is 604. The number of nitrogens with one attached hydrogen (secondary N) is 1. The van der Waals surface area contributed by atoms with Crippen LogP contribution in [-0.2, 0) is 6.54 Å². The maximum atomic E-state index is 9.48. The van der Waals surface area contributed by atoms with Crippen LogP contribution in [0.5, 0.6) is 5.75 Å². The van der Waals surface area contributed by atoms with Crippen LogP contribution >= 0.6 is 0 Å². The quantitative estimate of drug-likeness (QED) is 0.562. The summed E-state index contributed by atoms with van der Waals surface area (Å²) in [5.41, 5.74) is 7.74. The molecule has 0 amide bonds. The summed E-state index contributed by atoms with van der Waals surface area (Å²) in [5, 5.41) is 21.5. The first-order chi connectivity index (χ1) is 8.70. The maximum absolute atomic E-state index is 9.48. The molecule has 0 unspecified atom stereocenters. The SMILES string of the molecule is N#Cc1ncccc1NCc1ccc(N)c(O)c1. The van der Waals surface area contributed by atoms with E-state index in [1.807, 2.05) is 12.1 Å². The van der Waals surface area contributed by atoms with Gasteiger partial charge in [-0.2, -0.15) is 5.26 Å². The Labute approximate surface area is 105 Å². The molecule has 0 atom stereocenters. The van der Waals surface area contributed by atoms with E-state index < -0.39 is 0 Å². The van der Waals surface area contributed by atoms with Gasteiger partial charge in [0.05, 0.1) is 11.4 Å². The molecule has 0 aliphatic heterocycles. The summed E-state index contributed by atoms with van der Waals surface area (Å²) in [6.07, 6.45) is 1.57. The minimum absolute atomic E-state index is 0.0565. The number of pyridine rings is 1. The van der Waals surface area contributed by atoms with Crippen LogP contribution in [0, 0.1) is 11.3 Å². The second-order valence-electron chi connectivity index (χ2n) is 3.76. The molecule has 0 aliphatic rings. The molecular formula is C13H12N4O. The highest BCUT2D eigenvalue weighted by molar-refractivity contribution is 5.55. The summed E-state index contributed by atoms with van der Waals surface area (Å²) in [4.78, 5) is 3.95. The van der Waals surface area contributed by atoms with E-state index in [9.17, 15) is 5.11 Å². The molecule has 0 spiro atoms. The Morgan fingerprint density at radius 1 is 1.39 bits per heavy atom. The number of benzene rings is 1. The number of nitrogens with two attached hydrogens (primary N) is 1. The Hall–Kier alpha value is -2.74. The monoisotopic (exact) mass is 240 g/mol. The van der Waals surface area contributed by atoms with E-state index in [2.05, 4.69) is 10.3 Å². The normalized spacial score (nSPS) is 9.72. The topological polar surface area (TPSA) is 95.0 Å². The molecule has 0 fully saturated rings. The van der Waals surface area contributed by atoms with Gasteiger partial charge in [0, 0.05) is 12.7 Å². The number of nitrogen functional groups attached to an aromatic ring is 1. The van der Waals surface area contributed by atoms with Crippen LogP contribution in [-0.4, -0.2) is 10.1 Å². The average Bonchev–Trinajstić information content (AvgIpc) is 2.40. The molecule has 90 valence electrons.